The van der Waals surface area contributed by atoms with Crippen molar-refractivity contribution in [3.63, 3.8) is 0 Å². The van der Waals surface area contributed by atoms with E-state index < -0.39 is 0 Å². The molecule has 0 spiro atoms. The van der Waals surface area contributed by atoms with Gasteiger partial charge in [0.2, 0.25) is 0 Å². The Morgan fingerprint density at radius 3 is 2.07 bits per heavy atom. The number of hydrogen-bond donors (Lipinski definition) is 1. The van der Waals surface area contributed by atoms with Gasteiger partial charge in [0.1, 0.15) is 0 Å². The molecule has 2 aromatic carbocycles. The average Bonchev–Trinajstić information content (AvgIpc) is 3.29. The lowest BCUT2D eigenvalue weighted by Crippen LogP contribution is -2.58. The Hall–Kier alpha value is -2.65. The average molecular weight is 370 g/mol. The maximum Gasteiger partial charge on any atom is 0.0789 e. The van der Waals surface area contributed by atoms with Crippen LogP contribution in [0.3, 0.4) is 0 Å². The molecule has 6 rings (SSSR count). The van der Waals surface area contributed by atoms with Gasteiger partial charge in [0.05, 0.1) is 12.6 Å². The Kier molecular flexibility index (Phi) is 4.84. The zero-order valence-electron chi connectivity index (χ0n) is 16.2. The molecule has 142 valence electrons. The van der Waals surface area contributed by atoms with Crippen LogP contribution in [0.1, 0.15) is 35.6 Å². The quantitative estimate of drug-likeness (QED) is 0.683. The smallest absolute Gasteiger partial charge is 0.0789 e. The van der Waals surface area contributed by atoms with Gasteiger partial charge >= 0.3 is 0 Å². The van der Waals surface area contributed by atoms with Crippen molar-refractivity contribution < 1.29 is 0 Å². The maximum absolute atomic E-state index is 5.21. The molecule has 3 aliphatic rings. The summed E-state index contributed by atoms with van der Waals surface area (Å²) in [6.45, 7) is 3.12. The molecule has 1 N–H and O–H groups in total. The molecule has 0 amide bonds. The molecule has 0 saturated carbocycles. The molecule has 0 aliphatic carbocycles. The fourth-order valence-corrected chi connectivity index (χ4v) is 5.03. The van der Waals surface area contributed by atoms with Crippen molar-refractivity contribution in [2.24, 2.45) is 10.9 Å². The lowest BCUT2D eigenvalue weighted by molar-refractivity contribution is 0.135. The Balaban J connectivity index is 1.58. The minimum Gasteiger partial charge on any atom is -0.363 e. The van der Waals surface area contributed by atoms with Crippen molar-refractivity contribution in [2.75, 3.05) is 13.1 Å². The molecule has 3 aliphatic heterocycles. The van der Waals surface area contributed by atoms with Crippen LogP contribution in [0.5, 0.6) is 0 Å². The summed E-state index contributed by atoms with van der Waals surface area (Å²) in [5.41, 5.74) is 5.38. The zero-order chi connectivity index (χ0) is 18.8. The highest BCUT2D eigenvalue weighted by Gasteiger charge is 2.43. The molecule has 1 unspecified atom stereocenters. The van der Waals surface area contributed by atoms with Crippen molar-refractivity contribution in [3.05, 3.63) is 95.8 Å². The van der Waals surface area contributed by atoms with Crippen LogP contribution in [-0.4, -0.2) is 34.7 Å². The Bertz CT molecular complexity index is 867. The van der Waals surface area contributed by atoms with E-state index in [2.05, 4.69) is 82.7 Å². The Labute approximate surface area is 167 Å². The summed E-state index contributed by atoms with van der Waals surface area (Å²) >= 11 is 0. The van der Waals surface area contributed by atoms with Gasteiger partial charge in [-0.3, -0.25) is 9.89 Å². The first-order valence-corrected chi connectivity index (χ1v) is 10.4. The van der Waals surface area contributed by atoms with Crippen LogP contribution >= 0.6 is 0 Å². The number of hydrogen-bond acceptors (Lipinski definition) is 2. The largest absolute Gasteiger partial charge is 0.363 e. The number of aromatic amines is 1. The van der Waals surface area contributed by atoms with Gasteiger partial charge in [0.25, 0.3) is 0 Å². The van der Waals surface area contributed by atoms with Crippen molar-refractivity contribution >= 4 is 5.71 Å². The zero-order valence-corrected chi connectivity index (χ0v) is 16.2. The van der Waals surface area contributed by atoms with Gasteiger partial charge in [0, 0.05) is 29.4 Å². The van der Waals surface area contributed by atoms with Gasteiger partial charge < -0.3 is 4.98 Å². The van der Waals surface area contributed by atoms with Crippen LogP contribution in [-0.2, 0) is 6.54 Å². The van der Waals surface area contributed by atoms with Crippen LogP contribution < -0.4 is 0 Å². The standard InChI is InChI=1S/C25H27N3/c1-3-8-19(9-4-1)23(20-10-5-2-6-11-20)25-24(21-13-16-28(25)17-14-21)27-18-22-12-7-15-26-22/h1-12,15,21,23,25-26H,13-14,16-18H2. The maximum atomic E-state index is 5.21. The summed E-state index contributed by atoms with van der Waals surface area (Å²) in [6.07, 6.45) is 4.48. The highest BCUT2D eigenvalue weighted by molar-refractivity contribution is 5.94. The number of aromatic nitrogens is 1. The molecule has 3 fully saturated rings. The second kappa shape index (κ2) is 7.76. The lowest BCUT2D eigenvalue weighted by Gasteiger charge is -2.49. The van der Waals surface area contributed by atoms with E-state index in [1.54, 1.807) is 0 Å². The van der Waals surface area contributed by atoms with Gasteiger partial charge in [-0.1, -0.05) is 60.7 Å². The number of aliphatic imine (C=N–C) groups is 1. The molecule has 3 nitrogen and oxygen atoms in total. The molecule has 3 saturated heterocycles. The first-order chi connectivity index (χ1) is 13.9. The second-order valence-corrected chi connectivity index (χ2v) is 7.99. The van der Waals surface area contributed by atoms with Gasteiger partial charge in [-0.25, -0.2) is 0 Å². The number of piperidine rings is 3. The summed E-state index contributed by atoms with van der Waals surface area (Å²) in [5.74, 6) is 0.952. The van der Waals surface area contributed by atoms with E-state index in [-0.39, 0.29) is 0 Å². The fraction of sp³-hybridized carbons (Fsp3) is 0.320. The third kappa shape index (κ3) is 3.31. The predicted molar refractivity (Wildman–Crippen MR) is 115 cm³/mol. The van der Waals surface area contributed by atoms with Gasteiger partial charge in [-0.05, 0) is 49.2 Å². The van der Waals surface area contributed by atoms with E-state index in [1.165, 1.54) is 48.5 Å². The number of nitrogens with one attached hydrogen (secondary N) is 1. The van der Waals surface area contributed by atoms with Crippen molar-refractivity contribution in [2.45, 2.75) is 31.3 Å². The number of rotatable bonds is 5. The molecule has 4 heterocycles. The first-order valence-electron chi connectivity index (χ1n) is 10.4. The topological polar surface area (TPSA) is 31.4 Å². The molecule has 1 atom stereocenters. The highest BCUT2D eigenvalue weighted by atomic mass is 15.2. The predicted octanol–water partition coefficient (Wildman–Crippen LogP) is 4.88. The number of fused-ring (bicyclic) bond motifs is 3. The SMILES string of the molecule is c1ccc(C(c2ccccc2)C2C(=NCc3ccc[nH]3)C3CCN2CC3)cc1. The number of nitrogens with zero attached hydrogens (tertiary/aromatic N) is 2. The number of benzene rings is 2. The fourth-order valence-electron chi connectivity index (χ4n) is 5.03. The van der Waals surface area contributed by atoms with E-state index in [1.807, 2.05) is 6.20 Å². The minimum atomic E-state index is 0.327. The molecule has 28 heavy (non-hydrogen) atoms. The van der Waals surface area contributed by atoms with Crippen LogP contribution in [0.15, 0.2) is 84.0 Å². The third-order valence-corrected chi connectivity index (χ3v) is 6.37. The van der Waals surface area contributed by atoms with Crippen molar-refractivity contribution in [1.29, 1.82) is 0 Å². The molecule has 3 aromatic rings. The van der Waals surface area contributed by atoms with Crippen molar-refractivity contribution in [3.8, 4) is 0 Å². The minimum absolute atomic E-state index is 0.327. The summed E-state index contributed by atoms with van der Waals surface area (Å²) in [6, 6.07) is 26.5. The Morgan fingerprint density at radius 1 is 0.857 bits per heavy atom. The summed E-state index contributed by atoms with van der Waals surface area (Å²) in [5, 5.41) is 0. The molecule has 2 bridgehead atoms. The third-order valence-electron chi connectivity index (χ3n) is 6.37. The van der Waals surface area contributed by atoms with Crippen LogP contribution in [0, 0.1) is 5.92 Å². The lowest BCUT2D eigenvalue weighted by atomic mass is 9.72. The van der Waals surface area contributed by atoms with E-state index in [0.717, 1.165) is 6.54 Å². The Morgan fingerprint density at radius 2 is 1.50 bits per heavy atom. The van der Waals surface area contributed by atoms with Crippen LogP contribution in [0.4, 0.5) is 0 Å². The van der Waals surface area contributed by atoms with Gasteiger partial charge in [-0.2, -0.15) is 0 Å². The summed E-state index contributed by atoms with van der Waals surface area (Å²) < 4.78 is 0. The van der Waals surface area contributed by atoms with E-state index >= 15 is 0 Å². The van der Waals surface area contributed by atoms with Gasteiger partial charge in [-0.15, -0.1) is 0 Å². The van der Waals surface area contributed by atoms with E-state index in [0.29, 0.717) is 17.9 Å². The van der Waals surface area contributed by atoms with Crippen LogP contribution in [0.2, 0.25) is 0 Å². The molecular formula is C25H27N3. The van der Waals surface area contributed by atoms with Crippen LogP contribution in [0.25, 0.3) is 0 Å². The normalized spacial score (nSPS) is 25.5. The van der Waals surface area contributed by atoms with Crippen molar-refractivity contribution in [1.82, 2.24) is 9.88 Å². The second-order valence-electron chi connectivity index (χ2n) is 7.99. The monoisotopic (exact) mass is 369 g/mol. The molecule has 3 heteroatoms. The van der Waals surface area contributed by atoms with E-state index in [9.17, 15) is 0 Å². The van der Waals surface area contributed by atoms with Gasteiger partial charge in [0.15, 0.2) is 0 Å². The highest BCUT2D eigenvalue weighted by Crippen LogP contribution is 2.40. The van der Waals surface area contributed by atoms with E-state index in [4.69, 9.17) is 4.99 Å². The molecular weight excluding hydrogens is 342 g/mol. The molecule has 0 radical (unpaired) electrons. The summed E-state index contributed by atoms with van der Waals surface area (Å²) in [7, 11) is 0. The first kappa shape index (κ1) is 17.4. The summed E-state index contributed by atoms with van der Waals surface area (Å²) in [4.78, 5) is 11.2. The number of H-pyrrole nitrogens is 1. The molecule has 1 aromatic heterocycles.